The number of nitrogens with one attached hydrogen (secondary N) is 2. The molecule has 130 valence electrons. The maximum atomic E-state index is 6.02. The topological polar surface area (TPSA) is 61.0 Å². The van der Waals surface area contributed by atoms with E-state index in [2.05, 4.69) is 10.6 Å². The minimum atomic E-state index is 0.258. The van der Waals surface area contributed by atoms with Crippen LogP contribution in [0.2, 0.25) is 0 Å². The molecule has 0 amide bonds. The third-order valence-electron chi connectivity index (χ3n) is 4.08. The third-order valence-corrected chi connectivity index (χ3v) is 4.08. The summed E-state index contributed by atoms with van der Waals surface area (Å²) >= 11 is 0. The van der Waals surface area contributed by atoms with Crippen LogP contribution >= 0.6 is 0 Å². The Balaban J connectivity index is 1.69. The second kappa shape index (κ2) is 12.2. The van der Waals surface area contributed by atoms with Crippen molar-refractivity contribution in [3.63, 3.8) is 0 Å². The highest BCUT2D eigenvalue weighted by Gasteiger charge is 2.26. The molecule has 1 aliphatic carbocycles. The van der Waals surface area contributed by atoms with E-state index in [1.807, 2.05) is 0 Å². The molecule has 1 saturated carbocycles. The van der Waals surface area contributed by atoms with Gasteiger partial charge < -0.3 is 29.6 Å². The molecule has 6 nitrogen and oxygen atoms in total. The first-order valence-electron chi connectivity index (χ1n) is 8.77. The minimum Gasteiger partial charge on any atom is -0.378 e. The Labute approximate surface area is 134 Å². The Kier molecular flexibility index (Phi) is 10.1. The number of hydrogen-bond acceptors (Lipinski definition) is 6. The van der Waals surface area contributed by atoms with Crippen LogP contribution in [0, 0.1) is 0 Å². The Hall–Kier alpha value is -0.240. The van der Waals surface area contributed by atoms with E-state index in [1.165, 1.54) is 12.8 Å². The van der Waals surface area contributed by atoms with Crippen molar-refractivity contribution in [1.29, 1.82) is 0 Å². The highest BCUT2D eigenvalue weighted by atomic mass is 16.5. The SMILES string of the molecule is C1CC[C@H]2OCCNCCOCCOCCNCCO[C@H]2C1. The average Bonchev–Trinajstić information content (AvgIpc) is 2.55. The fourth-order valence-corrected chi connectivity index (χ4v) is 2.87. The molecule has 0 aromatic rings. The predicted octanol–water partition coefficient (Wildman–Crippen LogP) is 0.557. The van der Waals surface area contributed by atoms with E-state index >= 15 is 0 Å². The molecule has 0 unspecified atom stereocenters. The van der Waals surface area contributed by atoms with Crippen LogP contribution in [0.4, 0.5) is 0 Å². The van der Waals surface area contributed by atoms with Gasteiger partial charge in [0.15, 0.2) is 0 Å². The summed E-state index contributed by atoms with van der Waals surface area (Å²) in [6.07, 6.45) is 5.26. The molecule has 6 heteroatoms. The molecular weight excluding hydrogens is 284 g/mol. The Morgan fingerprint density at radius 2 is 1.00 bits per heavy atom. The van der Waals surface area contributed by atoms with Gasteiger partial charge in [0.1, 0.15) is 0 Å². The lowest BCUT2D eigenvalue weighted by atomic mass is 9.94. The number of ether oxygens (including phenoxy) is 4. The van der Waals surface area contributed by atoms with Crippen molar-refractivity contribution >= 4 is 0 Å². The molecule has 1 saturated heterocycles. The quantitative estimate of drug-likeness (QED) is 0.681. The van der Waals surface area contributed by atoms with E-state index < -0.39 is 0 Å². The second-order valence-corrected chi connectivity index (χ2v) is 5.83. The highest BCUT2D eigenvalue weighted by molar-refractivity contribution is 4.77. The van der Waals surface area contributed by atoms with Crippen molar-refractivity contribution < 1.29 is 18.9 Å². The van der Waals surface area contributed by atoms with E-state index in [4.69, 9.17) is 18.9 Å². The van der Waals surface area contributed by atoms with Crippen LogP contribution in [0.15, 0.2) is 0 Å². The van der Waals surface area contributed by atoms with Gasteiger partial charge in [0.25, 0.3) is 0 Å². The largest absolute Gasteiger partial charge is 0.378 e. The molecule has 2 atom stereocenters. The number of hydrogen-bond donors (Lipinski definition) is 2. The first-order valence-corrected chi connectivity index (χ1v) is 8.77. The Morgan fingerprint density at radius 3 is 1.50 bits per heavy atom. The third kappa shape index (κ3) is 7.85. The van der Waals surface area contributed by atoms with Gasteiger partial charge in [0.05, 0.1) is 51.8 Å². The van der Waals surface area contributed by atoms with Crippen molar-refractivity contribution in [2.45, 2.75) is 37.9 Å². The van der Waals surface area contributed by atoms with Crippen molar-refractivity contribution in [3.8, 4) is 0 Å². The maximum Gasteiger partial charge on any atom is 0.0837 e. The van der Waals surface area contributed by atoms with E-state index in [9.17, 15) is 0 Å². The molecule has 22 heavy (non-hydrogen) atoms. The molecule has 0 aromatic heterocycles. The first kappa shape index (κ1) is 18.1. The number of fused-ring (bicyclic) bond motifs is 1. The van der Waals surface area contributed by atoms with Crippen LogP contribution < -0.4 is 10.6 Å². The lowest BCUT2D eigenvalue weighted by Crippen LogP contribution is -2.38. The van der Waals surface area contributed by atoms with Gasteiger partial charge in [-0.1, -0.05) is 12.8 Å². The summed E-state index contributed by atoms with van der Waals surface area (Å²) < 4.78 is 23.0. The zero-order chi connectivity index (χ0) is 15.3. The summed E-state index contributed by atoms with van der Waals surface area (Å²) in [5, 5.41) is 6.69. The number of rotatable bonds is 0. The molecule has 0 aromatic carbocycles. The van der Waals surface area contributed by atoms with Crippen molar-refractivity contribution in [3.05, 3.63) is 0 Å². The lowest BCUT2D eigenvalue weighted by molar-refractivity contribution is -0.0905. The summed E-state index contributed by atoms with van der Waals surface area (Å²) in [5.74, 6) is 0. The van der Waals surface area contributed by atoms with E-state index in [1.54, 1.807) is 0 Å². The summed E-state index contributed by atoms with van der Waals surface area (Å²) in [4.78, 5) is 0. The average molecular weight is 316 g/mol. The van der Waals surface area contributed by atoms with Crippen LogP contribution in [0.25, 0.3) is 0 Å². The monoisotopic (exact) mass is 316 g/mol. The molecule has 0 radical (unpaired) electrons. The van der Waals surface area contributed by atoms with Gasteiger partial charge in [0.2, 0.25) is 0 Å². The summed E-state index contributed by atoms with van der Waals surface area (Å²) in [6, 6.07) is 0. The zero-order valence-corrected chi connectivity index (χ0v) is 13.7. The standard InChI is InChI=1S/C16H32N2O4/c1-2-4-16-15(3-1)21-11-7-17-5-9-19-13-14-20-10-6-18-8-12-22-16/h15-18H,1-14H2/t15-,16+. The summed E-state index contributed by atoms with van der Waals surface area (Å²) in [5.41, 5.74) is 0. The van der Waals surface area contributed by atoms with Crippen molar-refractivity contribution in [2.75, 3.05) is 65.8 Å². The minimum absolute atomic E-state index is 0.258. The molecule has 1 heterocycles. The smallest absolute Gasteiger partial charge is 0.0837 e. The van der Waals surface area contributed by atoms with Gasteiger partial charge in [-0.25, -0.2) is 0 Å². The molecule has 0 bridgehead atoms. The summed E-state index contributed by atoms with van der Waals surface area (Å²) in [6.45, 7) is 7.68. The van der Waals surface area contributed by atoms with Crippen LogP contribution in [0.3, 0.4) is 0 Å². The van der Waals surface area contributed by atoms with E-state index in [-0.39, 0.29) is 12.2 Å². The molecule has 2 rings (SSSR count). The molecule has 2 aliphatic rings. The van der Waals surface area contributed by atoms with Crippen LogP contribution in [-0.4, -0.2) is 78.0 Å². The van der Waals surface area contributed by atoms with Gasteiger partial charge in [-0.3, -0.25) is 0 Å². The van der Waals surface area contributed by atoms with Crippen LogP contribution in [-0.2, 0) is 18.9 Å². The Bertz CT molecular complexity index is 243. The van der Waals surface area contributed by atoms with Gasteiger partial charge in [-0.05, 0) is 12.8 Å². The second-order valence-electron chi connectivity index (χ2n) is 5.83. The van der Waals surface area contributed by atoms with E-state index in [0.29, 0.717) is 13.2 Å². The predicted molar refractivity (Wildman–Crippen MR) is 85.3 cm³/mol. The fraction of sp³-hybridized carbons (Fsp3) is 1.00. The van der Waals surface area contributed by atoms with Crippen LogP contribution in [0.1, 0.15) is 25.7 Å². The molecule has 2 N–H and O–H groups in total. The first-order chi connectivity index (χ1) is 11.0. The van der Waals surface area contributed by atoms with Gasteiger partial charge in [0, 0.05) is 26.2 Å². The van der Waals surface area contributed by atoms with Crippen molar-refractivity contribution in [2.24, 2.45) is 0 Å². The lowest BCUT2D eigenvalue weighted by Gasteiger charge is -2.31. The normalized spacial score (nSPS) is 31.6. The maximum absolute atomic E-state index is 6.02. The van der Waals surface area contributed by atoms with Crippen LogP contribution in [0.5, 0.6) is 0 Å². The van der Waals surface area contributed by atoms with Gasteiger partial charge in [-0.15, -0.1) is 0 Å². The molecule has 1 aliphatic heterocycles. The molecular formula is C16H32N2O4. The van der Waals surface area contributed by atoms with E-state index in [0.717, 1.165) is 65.4 Å². The Morgan fingerprint density at radius 1 is 0.545 bits per heavy atom. The summed E-state index contributed by atoms with van der Waals surface area (Å²) in [7, 11) is 0. The van der Waals surface area contributed by atoms with Crippen molar-refractivity contribution in [1.82, 2.24) is 10.6 Å². The zero-order valence-electron chi connectivity index (χ0n) is 13.7. The fourth-order valence-electron chi connectivity index (χ4n) is 2.87. The molecule has 0 spiro atoms. The highest BCUT2D eigenvalue weighted by Crippen LogP contribution is 2.23. The van der Waals surface area contributed by atoms with Gasteiger partial charge >= 0.3 is 0 Å². The van der Waals surface area contributed by atoms with Gasteiger partial charge in [-0.2, -0.15) is 0 Å². The molecule has 2 fully saturated rings.